The fourth-order valence-electron chi connectivity index (χ4n) is 4.95. The van der Waals surface area contributed by atoms with Crippen molar-refractivity contribution in [3.05, 3.63) is 41.7 Å². The van der Waals surface area contributed by atoms with Crippen LogP contribution in [0, 0.1) is 0 Å². The molecule has 1 atom stereocenters. The van der Waals surface area contributed by atoms with E-state index in [1.165, 1.54) is 22.6 Å². The smallest absolute Gasteiger partial charge is 0.358 e. The van der Waals surface area contributed by atoms with Gasteiger partial charge in [-0.1, -0.05) is 25.7 Å². The molecule has 0 bridgehead atoms. The Morgan fingerprint density at radius 3 is 2.39 bits per heavy atom. The average molecular weight is 496 g/mol. The third-order valence-electron chi connectivity index (χ3n) is 6.76. The van der Waals surface area contributed by atoms with Crippen LogP contribution in [-0.2, 0) is 20.9 Å². The molecule has 0 saturated heterocycles. The molecular formula is C26H33N5O5. The fraction of sp³-hybridized carbons (Fsp3) is 0.500. The second-order valence-corrected chi connectivity index (χ2v) is 9.60. The summed E-state index contributed by atoms with van der Waals surface area (Å²) in [5.74, 6) is -1.55. The zero-order valence-corrected chi connectivity index (χ0v) is 21.0. The minimum Gasteiger partial charge on any atom is -0.461 e. The molecule has 2 N–H and O–H groups in total. The molecule has 2 heterocycles. The summed E-state index contributed by atoms with van der Waals surface area (Å²) < 4.78 is 6.48. The lowest BCUT2D eigenvalue weighted by atomic mass is 9.93. The van der Waals surface area contributed by atoms with Crippen LogP contribution in [0.1, 0.15) is 80.3 Å². The third kappa shape index (κ3) is 5.12. The highest BCUT2D eigenvalue weighted by Gasteiger charge is 2.49. The van der Waals surface area contributed by atoms with Gasteiger partial charge >= 0.3 is 5.97 Å². The van der Waals surface area contributed by atoms with E-state index in [4.69, 9.17) is 4.74 Å². The number of carbonyl (C=O) groups excluding carboxylic acids is 4. The molecule has 2 aliphatic rings. The van der Waals surface area contributed by atoms with Gasteiger partial charge in [0.1, 0.15) is 11.2 Å². The number of hydrogen-bond donors (Lipinski definition) is 2. The fourth-order valence-corrected chi connectivity index (χ4v) is 4.95. The molecule has 1 aliphatic carbocycles. The Morgan fingerprint density at radius 1 is 1.11 bits per heavy atom. The number of hydrogen-bond acceptors (Lipinski definition) is 6. The topological polar surface area (TPSA) is 123 Å². The maximum Gasteiger partial charge on any atom is 0.358 e. The first-order chi connectivity index (χ1) is 17.2. The summed E-state index contributed by atoms with van der Waals surface area (Å²) in [6.45, 7) is 5.08. The molecule has 4 rings (SSSR count). The molecule has 1 saturated carbocycles. The second kappa shape index (κ2) is 10.5. The van der Waals surface area contributed by atoms with Crippen LogP contribution in [0.15, 0.2) is 30.3 Å². The monoisotopic (exact) mass is 495 g/mol. The number of ether oxygens (including phenoxy) is 1. The molecule has 3 amide bonds. The van der Waals surface area contributed by atoms with Crippen LogP contribution in [0.25, 0.3) is 0 Å². The van der Waals surface area contributed by atoms with E-state index >= 15 is 0 Å². The lowest BCUT2D eigenvalue weighted by molar-refractivity contribution is -0.127. The average Bonchev–Trinajstić information content (AvgIpc) is 3.09. The van der Waals surface area contributed by atoms with Gasteiger partial charge in [-0.25, -0.2) is 4.79 Å². The first kappa shape index (κ1) is 25.4. The second-order valence-electron chi connectivity index (χ2n) is 9.60. The Hall–Kier alpha value is -3.69. The van der Waals surface area contributed by atoms with Gasteiger partial charge in [-0.2, -0.15) is 5.10 Å². The highest BCUT2D eigenvalue weighted by atomic mass is 16.5. The Bertz CT molecular complexity index is 1150. The van der Waals surface area contributed by atoms with E-state index in [2.05, 4.69) is 15.7 Å². The van der Waals surface area contributed by atoms with E-state index in [9.17, 15) is 19.2 Å². The number of nitrogens with one attached hydrogen (secondary N) is 2. The van der Waals surface area contributed by atoms with Crippen molar-refractivity contribution in [2.45, 2.75) is 77.4 Å². The van der Waals surface area contributed by atoms with Gasteiger partial charge in [0.25, 0.3) is 5.91 Å². The van der Waals surface area contributed by atoms with Gasteiger partial charge in [0.15, 0.2) is 5.69 Å². The molecule has 10 nitrogen and oxygen atoms in total. The van der Waals surface area contributed by atoms with Crippen molar-refractivity contribution < 1.29 is 23.9 Å². The largest absolute Gasteiger partial charge is 0.461 e. The zero-order valence-electron chi connectivity index (χ0n) is 21.0. The van der Waals surface area contributed by atoms with Crippen LogP contribution in [-0.4, -0.2) is 51.7 Å². The number of amides is 3. The quantitative estimate of drug-likeness (QED) is 0.468. The van der Waals surface area contributed by atoms with Gasteiger partial charge in [-0.3, -0.25) is 24.0 Å². The van der Waals surface area contributed by atoms with Crippen LogP contribution in [0.4, 0.5) is 11.4 Å². The van der Waals surface area contributed by atoms with Gasteiger partial charge in [0, 0.05) is 30.4 Å². The predicted octanol–water partition coefficient (Wildman–Crippen LogP) is 3.28. The lowest BCUT2D eigenvalue weighted by Crippen LogP contribution is -2.65. The molecule has 1 aromatic heterocycles. The number of aromatic nitrogens is 2. The Labute approximate surface area is 210 Å². The van der Waals surface area contributed by atoms with E-state index in [1.807, 2.05) is 0 Å². The van der Waals surface area contributed by atoms with Crippen molar-refractivity contribution in [2.75, 3.05) is 16.8 Å². The van der Waals surface area contributed by atoms with Crippen LogP contribution in [0.5, 0.6) is 0 Å². The number of esters is 1. The molecule has 2 aromatic rings. The molecule has 1 aromatic carbocycles. The van der Waals surface area contributed by atoms with Gasteiger partial charge in [-0.05, 0) is 51.0 Å². The highest BCUT2D eigenvalue weighted by molar-refractivity contribution is 6.12. The summed E-state index contributed by atoms with van der Waals surface area (Å²) in [6, 6.07) is 8.21. The summed E-state index contributed by atoms with van der Waals surface area (Å²) in [4.78, 5) is 52.8. The molecule has 192 valence electrons. The molecular weight excluding hydrogens is 462 g/mol. The van der Waals surface area contributed by atoms with Crippen LogP contribution < -0.4 is 15.5 Å². The summed E-state index contributed by atoms with van der Waals surface area (Å²) in [5, 5.41) is 10.2. The van der Waals surface area contributed by atoms with Crippen LogP contribution >= 0.6 is 0 Å². The minimum absolute atomic E-state index is 0.0228. The molecule has 36 heavy (non-hydrogen) atoms. The van der Waals surface area contributed by atoms with Crippen LogP contribution in [0.3, 0.4) is 0 Å². The predicted molar refractivity (Wildman–Crippen MR) is 134 cm³/mol. The summed E-state index contributed by atoms with van der Waals surface area (Å²) in [5.41, 5.74) is -0.00448. The van der Waals surface area contributed by atoms with Crippen molar-refractivity contribution in [3.8, 4) is 0 Å². The Kier molecular flexibility index (Phi) is 7.42. The molecule has 0 unspecified atom stereocenters. The van der Waals surface area contributed by atoms with Crippen molar-refractivity contribution in [3.63, 3.8) is 0 Å². The number of anilines is 2. The summed E-state index contributed by atoms with van der Waals surface area (Å²) in [7, 11) is 0. The summed E-state index contributed by atoms with van der Waals surface area (Å²) in [6.07, 6.45) is 6.23. The van der Waals surface area contributed by atoms with E-state index in [-0.39, 0.29) is 42.4 Å². The van der Waals surface area contributed by atoms with E-state index in [0.717, 1.165) is 38.5 Å². The minimum atomic E-state index is -1.30. The Balaban J connectivity index is 1.71. The lowest BCUT2D eigenvalue weighted by Gasteiger charge is -2.43. The SMILES string of the molecule is CCOC(=O)c1cc2n(n1)C[C@@](C)(C(=O)NC1CCCCCC1)N(c1ccc(NC(C)=O)cc1)C2=O. The normalized spacial score (nSPS) is 20.3. The zero-order chi connectivity index (χ0) is 25.9. The van der Waals surface area contributed by atoms with E-state index in [1.54, 1.807) is 38.1 Å². The molecule has 1 fully saturated rings. The van der Waals surface area contributed by atoms with E-state index < -0.39 is 17.4 Å². The first-order valence-electron chi connectivity index (χ1n) is 12.5. The first-order valence-corrected chi connectivity index (χ1v) is 12.5. The third-order valence-corrected chi connectivity index (χ3v) is 6.76. The Morgan fingerprint density at radius 2 is 1.78 bits per heavy atom. The van der Waals surface area contributed by atoms with Crippen molar-refractivity contribution >= 4 is 35.1 Å². The molecule has 0 radical (unpaired) electrons. The molecule has 10 heteroatoms. The number of rotatable bonds is 6. The van der Waals surface area contributed by atoms with Gasteiger partial charge in [0.05, 0.1) is 13.2 Å². The van der Waals surface area contributed by atoms with E-state index in [0.29, 0.717) is 11.4 Å². The number of nitrogens with zero attached hydrogens (tertiary/aromatic N) is 3. The maximum absolute atomic E-state index is 13.8. The molecule has 1 aliphatic heterocycles. The van der Waals surface area contributed by atoms with Crippen molar-refractivity contribution in [2.24, 2.45) is 0 Å². The van der Waals surface area contributed by atoms with Crippen molar-refractivity contribution in [1.82, 2.24) is 15.1 Å². The van der Waals surface area contributed by atoms with Crippen molar-refractivity contribution in [1.29, 1.82) is 0 Å². The number of carbonyl (C=O) groups is 4. The standard InChI is InChI=1S/C26H33N5O5/c1-4-36-24(34)21-15-22-23(33)31(20-13-11-19(12-14-20)27-17(2)32)26(3,16-30(22)29-21)25(35)28-18-9-7-5-6-8-10-18/h11-15,18H,4-10,16H2,1-3H3,(H,27,32)(H,28,35)/t26-/m0/s1. The number of fused-ring (bicyclic) bond motifs is 1. The van der Waals surface area contributed by atoms with Gasteiger partial charge < -0.3 is 15.4 Å². The maximum atomic E-state index is 13.8. The van der Waals surface area contributed by atoms with Gasteiger partial charge in [0.2, 0.25) is 11.8 Å². The highest BCUT2D eigenvalue weighted by Crippen LogP contribution is 2.34. The van der Waals surface area contributed by atoms with Gasteiger partial charge in [-0.15, -0.1) is 0 Å². The summed E-state index contributed by atoms with van der Waals surface area (Å²) >= 11 is 0. The molecule has 0 spiro atoms. The number of benzene rings is 1. The van der Waals surface area contributed by atoms with Crippen LogP contribution in [0.2, 0.25) is 0 Å².